The zero-order chi connectivity index (χ0) is 19.4. The van der Waals surface area contributed by atoms with Gasteiger partial charge in [-0.3, -0.25) is 4.79 Å². The molecule has 0 amide bonds. The van der Waals surface area contributed by atoms with Crippen molar-refractivity contribution in [3.05, 3.63) is 65.1 Å². The second-order valence-electron chi connectivity index (χ2n) is 5.73. The van der Waals surface area contributed by atoms with Crippen molar-refractivity contribution >= 4 is 22.8 Å². The number of carbonyl (C=O) groups excluding carboxylic acids is 1. The van der Waals surface area contributed by atoms with E-state index in [0.717, 1.165) is 0 Å². The Kier molecular flexibility index (Phi) is 5.23. The van der Waals surface area contributed by atoms with Crippen LogP contribution in [0.4, 0.5) is 4.39 Å². The molecule has 0 aliphatic heterocycles. The first-order valence-corrected chi connectivity index (χ1v) is 8.31. The van der Waals surface area contributed by atoms with Gasteiger partial charge >= 0.3 is 0 Å². The molecule has 0 atom stereocenters. The maximum absolute atomic E-state index is 13.3. The molecule has 0 saturated heterocycles. The number of nitrogens with zero attached hydrogens (tertiary/aromatic N) is 1. The van der Waals surface area contributed by atoms with Crippen LogP contribution >= 0.6 is 0 Å². The van der Waals surface area contributed by atoms with Gasteiger partial charge in [-0.15, -0.1) is 0 Å². The topological polar surface area (TPSA) is 75.1 Å². The highest BCUT2D eigenvalue weighted by Crippen LogP contribution is 2.29. The summed E-state index contributed by atoms with van der Waals surface area (Å²) in [5.41, 5.74) is 1.41. The summed E-state index contributed by atoms with van der Waals surface area (Å²) in [6, 6.07) is 11.2. The van der Waals surface area contributed by atoms with Gasteiger partial charge in [-0.1, -0.05) is 6.07 Å². The summed E-state index contributed by atoms with van der Waals surface area (Å²) in [5, 5.41) is 10.0. The number of fused-ring (bicyclic) bond motifs is 1. The number of hydrogen-bond donors (Lipinski definition) is 1. The molecule has 136 valence electrons. The number of carbonyl (C=O) groups is 1. The van der Waals surface area contributed by atoms with E-state index < -0.39 is 11.6 Å². The number of aromatic amines is 1. The summed E-state index contributed by atoms with van der Waals surface area (Å²) >= 11 is 0. The molecule has 0 aliphatic carbocycles. The van der Waals surface area contributed by atoms with Crippen LogP contribution in [-0.2, 0) is 0 Å². The van der Waals surface area contributed by atoms with Crippen molar-refractivity contribution in [1.29, 1.82) is 5.26 Å². The summed E-state index contributed by atoms with van der Waals surface area (Å²) in [6.07, 6.45) is 2.98. The number of nitrogens with one attached hydrogen (secondary N) is 1. The average molecular weight is 364 g/mol. The smallest absolute Gasteiger partial charge is 0.205 e. The molecule has 0 aliphatic rings. The van der Waals surface area contributed by atoms with Gasteiger partial charge in [0.1, 0.15) is 17.5 Å². The molecule has 6 heteroatoms. The van der Waals surface area contributed by atoms with Gasteiger partial charge < -0.3 is 14.5 Å². The largest absolute Gasteiger partial charge is 0.493 e. The number of H-pyrrole nitrogens is 1. The molecule has 0 radical (unpaired) electrons. The zero-order valence-electron chi connectivity index (χ0n) is 14.9. The lowest BCUT2D eigenvalue weighted by atomic mass is 10.0. The molecule has 5 nitrogen and oxygen atoms in total. The third kappa shape index (κ3) is 3.67. The predicted octanol–water partition coefficient (Wildman–Crippen LogP) is 4.50. The Morgan fingerprint density at radius 2 is 2.07 bits per heavy atom. The highest BCUT2D eigenvalue weighted by atomic mass is 19.1. The number of Topliss-reactive ketones (excluding diaryl/α,β-unsaturated/α-hetero) is 1. The molecule has 1 N–H and O–H groups in total. The molecule has 0 saturated carbocycles. The monoisotopic (exact) mass is 364 g/mol. The lowest BCUT2D eigenvalue weighted by Gasteiger charge is -2.09. The van der Waals surface area contributed by atoms with Crippen molar-refractivity contribution in [3.63, 3.8) is 0 Å². The second-order valence-corrected chi connectivity index (χ2v) is 5.73. The summed E-state index contributed by atoms with van der Waals surface area (Å²) < 4.78 is 24.1. The number of ether oxygens (including phenoxy) is 2. The number of halogens is 1. The normalized spacial score (nSPS) is 11.3. The Labute approximate surface area is 155 Å². The van der Waals surface area contributed by atoms with Crippen LogP contribution in [0.1, 0.15) is 22.8 Å². The molecule has 1 aromatic heterocycles. The Bertz CT molecular complexity index is 1080. The van der Waals surface area contributed by atoms with Crippen LogP contribution in [0.15, 0.2) is 48.2 Å². The van der Waals surface area contributed by atoms with Crippen molar-refractivity contribution in [1.82, 2.24) is 4.98 Å². The molecule has 2 aromatic carbocycles. The molecule has 3 rings (SSSR count). The minimum absolute atomic E-state index is 0.0344. The minimum Gasteiger partial charge on any atom is -0.493 e. The summed E-state index contributed by atoms with van der Waals surface area (Å²) in [6.45, 7) is 2.31. The van der Waals surface area contributed by atoms with Crippen LogP contribution in [0.5, 0.6) is 11.5 Å². The SMILES string of the molecule is CCOc1cc(/C=C(/C#N)C(=O)c2c[nH]c3cc(F)ccc23)ccc1OC. The summed E-state index contributed by atoms with van der Waals surface area (Å²) in [4.78, 5) is 15.7. The fourth-order valence-corrected chi connectivity index (χ4v) is 2.80. The standard InChI is InChI=1S/C21H17FN2O3/c1-3-27-20-9-13(4-7-19(20)26-2)8-14(11-23)21(25)17-12-24-18-10-15(22)5-6-16(17)18/h4-10,12,24H,3H2,1-2H3/b14-8-. The van der Waals surface area contributed by atoms with Crippen LogP contribution < -0.4 is 9.47 Å². The van der Waals surface area contributed by atoms with Gasteiger partial charge in [-0.05, 0) is 48.9 Å². The van der Waals surface area contributed by atoms with E-state index >= 15 is 0 Å². The van der Waals surface area contributed by atoms with Gasteiger partial charge in [0.25, 0.3) is 0 Å². The van der Waals surface area contributed by atoms with Gasteiger partial charge in [-0.2, -0.15) is 5.26 Å². The number of rotatable bonds is 6. The van der Waals surface area contributed by atoms with E-state index in [0.29, 0.717) is 40.1 Å². The van der Waals surface area contributed by atoms with Crippen LogP contribution in [0.25, 0.3) is 17.0 Å². The Morgan fingerprint density at radius 1 is 1.26 bits per heavy atom. The van der Waals surface area contributed by atoms with E-state index in [2.05, 4.69) is 4.98 Å². The van der Waals surface area contributed by atoms with E-state index in [-0.39, 0.29) is 5.57 Å². The first-order valence-electron chi connectivity index (χ1n) is 8.31. The first-order chi connectivity index (χ1) is 13.1. The number of nitriles is 1. The third-order valence-electron chi connectivity index (χ3n) is 4.05. The average Bonchev–Trinajstić information content (AvgIpc) is 3.09. The Balaban J connectivity index is 2.00. The molecule has 0 unspecified atom stereocenters. The zero-order valence-corrected chi connectivity index (χ0v) is 14.9. The number of hydrogen-bond acceptors (Lipinski definition) is 4. The van der Waals surface area contributed by atoms with Crippen LogP contribution in [0.3, 0.4) is 0 Å². The lowest BCUT2D eigenvalue weighted by Crippen LogP contribution is -2.01. The summed E-state index contributed by atoms with van der Waals surface area (Å²) in [7, 11) is 1.54. The highest BCUT2D eigenvalue weighted by molar-refractivity contribution is 6.19. The van der Waals surface area contributed by atoms with Gasteiger partial charge in [0.05, 0.1) is 13.7 Å². The second kappa shape index (κ2) is 7.75. The molecule has 1 heterocycles. The van der Waals surface area contributed by atoms with Gasteiger partial charge in [0.2, 0.25) is 5.78 Å². The number of methoxy groups -OCH3 is 1. The third-order valence-corrected chi connectivity index (χ3v) is 4.05. The maximum atomic E-state index is 13.3. The Morgan fingerprint density at radius 3 is 2.78 bits per heavy atom. The Hall–Kier alpha value is -3.59. The van der Waals surface area contributed by atoms with Crippen molar-refractivity contribution in [2.24, 2.45) is 0 Å². The molecular formula is C21H17FN2O3. The first kappa shape index (κ1) is 18.2. The van der Waals surface area contributed by atoms with E-state index in [1.54, 1.807) is 18.2 Å². The molecular weight excluding hydrogens is 347 g/mol. The molecule has 3 aromatic rings. The van der Waals surface area contributed by atoms with Crippen molar-refractivity contribution in [3.8, 4) is 17.6 Å². The van der Waals surface area contributed by atoms with Gasteiger partial charge in [-0.25, -0.2) is 4.39 Å². The van der Waals surface area contributed by atoms with Gasteiger partial charge in [0.15, 0.2) is 11.5 Å². The summed E-state index contributed by atoms with van der Waals surface area (Å²) in [5.74, 6) is 0.253. The highest BCUT2D eigenvalue weighted by Gasteiger charge is 2.17. The lowest BCUT2D eigenvalue weighted by molar-refractivity contribution is 0.104. The molecule has 27 heavy (non-hydrogen) atoms. The van der Waals surface area contributed by atoms with E-state index in [1.807, 2.05) is 13.0 Å². The van der Waals surface area contributed by atoms with Crippen molar-refractivity contribution in [2.75, 3.05) is 13.7 Å². The van der Waals surface area contributed by atoms with Crippen LogP contribution in [0, 0.1) is 17.1 Å². The van der Waals surface area contributed by atoms with Gasteiger partial charge in [0, 0.05) is 22.7 Å². The quantitative estimate of drug-likeness (QED) is 0.397. The number of allylic oxidation sites excluding steroid dienone is 1. The van der Waals surface area contributed by atoms with Crippen molar-refractivity contribution in [2.45, 2.75) is 6.92 Å². The molecule has 0 fully saturated rings. The number of aromatic nitrogens is 1. The van der Waals surface area contributed by atoms with Crippen LogP contribution in [0.2, 0.25) is 0 Å². The number of ketones is 1. The predicted molar refractivity (Wildman–Crippen MR) is 100 cm³/mol. The molecule has 0 bridgehead atoms. The fourth-order valence-electron chi connectivity index (χ4n) is 2.80. The maximum Gasteiger partial charge on any atom is 0.205 e. The van der Waals surface area contributed by atoms with Crippen molar-refractivity contribution < 1.29 is 18.7 Å². The minimum atomic E-state index is -0.441. The van der Waals surface area contributed by atoms with Crippen LogP contribution in [-0.4, -0.2) is 24.5 Å². The van der Waals surface area contributed by atoms with E-state index in [9.17, 15) is 14.4 Å². The number of benzene rings is 2. The van der Waals surface area contributed by atoms with E-state index in [4.69, 9.17) is 9.47 Å². The fraction of sp³-hybridized carbons (Fsp3) is 0.143. The van der Waals surface area contributed by atoms with E-state index in [1.165, 1.54) is 37.6 Å². The molecule has 0 spiro atoms.